The van der Waals surface area contributed by atoms with Crippen LogP contribution < -0.4 is 10.7 Å². The number of nitrogens with zero attached hydrogens (tertiary/aromatic N) is 1. The highest BCUT2D eigenvalue weighted by atomic mass is 35.5. The highest BCUT2D eigenvalue weighted by Crippen LogP contribution is 2.15. The summed E-state index contributed by atoms with van der Waals surface area (Å²) in [6, 6.07) is 20.1. The van der Waals surface area contributed by atoms with E-state index in [1.54, 1.807) is 0 Å². The fourth-order valence-corrected chi connectivity index (χ4v) is 2.35. The van der Waals surface area contributed by atoms with Crippen LogP contribution in [-0.4, -0.2) is 20.1 Å². The van der Waals surface area contributed by atoms with E-state index < -0.39 is 6.98 Å². The molecule has 0 aromatic heterocycles. The van der Waals surface area contributed by atoms with Gasteiger partial charge in [-0.05, 0) is 17.7 Å². The zero-order chi connectivity index (χ0) is 17.0. The van der Waals surface area contributed by atoms with E-state index in [2.05, 4.69) is 22.6 Å². The molecule has 3 aromatic rings. The topological polar surface area (TPSA) is 33.6 Å². The van der Waals surface area contributed by atoms with Crippen molar-refractivity contribution in [1.82, 2.24) is 5.32 Å². The number of benzene rings is 2. The van der Waals surface area contributed by atoms with Crippen molar-refractivity contribution in [2.45, 2.75) is 0 Å². The van der Waals surface area contributed by atoms with Crippen molar-refractivity contribution in [2.75, 3.05) is 20.1 Å². The van der Waals surface area contributed by atoms with Crippen LogP contribution in [0.15, 0.2) is 65.8 Å². The van der Waals surface area contributed by atoms with E-state index in [0.29, 0.717) is 0 Å². The van der Waals surface area contributed by atoms with Crippen molar-refractivity contribution in [3.63, 3.8) is 0 Å². The molecule has 0 aliphatic rings. The quantitative estimate of drug-likeness (QED) is 0.590. The van der Waals surface area contributed by atoms with Crippen LogP contribution >= 0.6 is 12.4 Å². The number of likely N-dealkylation sites (N-methyl/N-ethyl adjacent to an activating group) is 1. The van der Waals surface area contributed by atoms with Crippen LogP contribution in [0.1, 0.15) is 4.11 Å². The van der Waals surface area contributed by atoms with E-state index in [0.717, 1.165) is 26.9 Å². The average molecular weight is 318 g/mol. The molecule has 1 N–H and O–H groups in total. The van der Waals surface area contributed by atoms with E-state index in [4.69, 9.17) is 8.95 Å². The molecule has 0 unspecified atom stereocenters. The third-order valence-corrected chi connectivity index (χ3v) is 3.35. The monoisotopic (exact) mass is 317 g/mol. The molecule has 0 amide bonds. The number of halogens is 1. The third kappa shape index (κ3) is 3.38. The molecule has 0 saturated carbocycles. The summed E-state index contributed by atoms with van der Waals surface area (Å²) >= 11 is 0. The van der Waals surface area contributed by atoms with Crippen molar-refractivity contribution < 1.29 is 8.95 Å². The zero-order valence-electron chi connectivity index (χ0n) is 15.0. The molecule has 3 rings (SSSR count). The minimum atomic E-state index is -2.16. The smallest absolute Gasteiger partial charge is 0.129 e. The summed E-state index contributed by atoms with van der Waals surface area (Å²) in [6.45, 7) is -1.78. The third-order valence-electron chi connectivity index (χ3n) is 3.35. The molecule has 0 fully saturated rings. The highest BCUT2D eigenvalue weighted by molar-refractivity contribution is 5.92. The van der Waals surface area contributed by atoms with Crippen molar-refractivity contribution in [3.8, 4) is 0 Å². The fraction of sp³-hybridized carbons (Fsp3) is 0.167. The lowest BCUT2D eigenvalue weighted by Gasteiger charge is -1.99. The van der Waals surface area contributed by atoms with Gasteiger partial charge < -0.3 is 10.2 Å². The Bertz CT molecular complexity index is 867. The van der Waals surface area contributed by atoms with Gasteiger partial charge >= 0.3 is 0 Å². The largest absolute Gasteiger partial charge is 0.394 e. The molecule has 0 aliphatic heterocycles. The summed E-state index contributed by atoms with van der Waals surface area (Å²) in [5, 5.41) is 11.6. The van der Waals surface area contributed by atoms with Crippen LogP contribution in [0.25, 0.3) is 21.5 Å². The minimum absolute atomic E-state index is 0. The van der Waals surface area contributed by atoms with E-state index in [1.807, 2.05) is 48.5 Å². The van der Waals surface area contributed by atoms with Crippen LogP contribution in [0.5, 0.6) is 0 Å². The summed E-state index contributed by atoms with van der Waals surface area (Å²) in [6.07, 6.45) is 0. The van der Waals surface area contributed by atoms with Crippen molar-refractivity contribution >= 4 is 34.0 Å². The maximum Gasteiger partial charge on any atom is 0.129 e. The van der Waals surface area contributed by atoms with E-state index >= 15 is 0 Å². The molecule has 3 nitrogen and oxygen atoms in total. The average Bonchev–Trinajstić information content (AvgIpc) is 2.71. The lowest BCUT2D eigenvalue weighted by atomic mass is 10.1. The van der Waals surface area contributed by atoms with Gasteiger partial charge in [0.2, 0.25) is 0 Å². The second kappa shape index (κ2) is 7.78. The maximum atomic E-state index is 7.11. The Morgan fingerprint density at radius 2 is 1.55 bits per heavy atom. The van der Waals surface area contributed by atoms with Gasteiger partial charge in [-0.15, -0.1) is 12.4 Å². The number of fused-ring (bicyclic) bond motifs is 2. The second-order valence-corrected chi connectivity index (χ2v) is 4.71. The first-order valence-electron chi connectivity index (χ1n) is 8.36. The molecule has 0 aliphatic carbocycles. The van der Waals surface area contributed by atoms with Crippen molar-refractivity contribution in [2.24, 2.45) is 5.16 Å². The van der Waals surface area contributed by atoms with Gasteiger partial charge in [0, 0.05) is 21.4 Å². The van der Waals surface area contributed by atoms with Gasteiger partial charge in [0.05, 0.1) is 0 Å². The predicted molar refractivity (Wildman–Crippen MR) is 94.1 cm³/mol. The van der Waals surface area contributed by atoms with Gasteiger partial charge in [0.1, 0.15) is 12.0 Å². The molecule has 0 saturated heterocycles. The Hall–Kier alpha value is -2.10. The Labute approximate surface area is 140 Å². The first-order valence-corrected chi connectivity index (χ1v) is 6.86. The van der Waals surface area contributed by atoms with Crippen LogP contribution in [0.2, 0.25) is 0 Å². The van der Waals surface area contributed by atoms with Gasteiger partial charge in [-0.3, -0.25) is 0 Å². The van der Waals surface area contributed by atoms with Crippen LogP contribution in [0.3, 0.4) is 0 Å². The molecule has 0 atom stereocenters. The van der Waals surface area contributed by atoms with Gasteiger partial charge in [-0.1, -0.05) is 65.8 Å². The van der Waals surface area contributed by atoms with Crippen LogP contribution in [0, 0.1) is 0 Å². The maximum absolute atomic E-state index is 7.11. The molecule has 22 heavy (non-hydrogen) atoms. The van der Waals surface area contributed by atoms with Gasteiger partial charge in [0.25, 0.3) is 0 Å². The highest BCUT2D eigenvalue weighted by Gasteiger charge is 2.00. The number of hydrogen-bond donors (Lipinski definition) is 1. The van der Waals surface area contributed by atoms with Crippen LogP contribution in [-0.2, 0) is 4.84 Å². The summed E-state index contributed by atoms with van der Waals surface area (Å²) in [5.74, 6) is 0. The molecule has 3 aromatic carbocycles. The number of hydrogen-bond acceptors (Lipinski definition) is 3. The first-order chi connectivity index (χ1) is 11.5. The van der Waals surface area contributed by atoms with Crippen molar-refractivity contribution in [1.29, 1.82) is 0 Å². The molecule has 0 spiro atoms. The van der Waals surface area contributed by atoms with E-state index in [-0.39, 0.29) is 25.6 Å². The Balaban J connectivity index is 0.00000225. The second-order valence-electron chi connectivity index (χ2n) is 4.71. The first kappa shape index (κ1) is 12.4. The lowest BCUT2D eigenvalue weighted by molar-refractivity contribution is 0.138. The number of nitrogens with one attached hydrogen (secondary N) is 1. The molecule has 0 heterocycles. The molecule has 0 bridgehead atoms. The molecule has 114 valence electrons. The fourth-order valence-electron chi connectivity index (χ4n) is 2.35. The number of rotatable bonds is 4. The Morgan fingerprint density at radius 3 is 2.14 bits per heavy atom. The van der Waals surface area contributed by atoms with Crippen molar-refractivity contribution in [3.05, 3.63) is 66.0 Å². The molecular formula is C18H19ClN2O. The Kier molecular flexibility index (Phi) is 4.40. The normalized spacial score (nSPS) is 12.8. The minimum Gasteiger partial charge on any atom is -0.394 e. The predicted octanol–water partition coefficient (Wildman–Crippen LogP) is 3.47. The summed E-state index contributed by atoms with van der Waals surface area (Å²) < 4.78 is 21.3. The standard InChI is InChI=1S/C18H18N2O.ClH/c1-19-12-13-21-20-18-16-8-4-2-6-14(16)10-11-15-7-3-5-9-17(15)18;/h2-11,19H,12-13H2,1H3;1H/i1D3;. The zero-order valence-corrected chi connectivity index (χ0v) is 12.8. The Morgan fingerprint density at radius 1 is 0.955 bits per heavy atom. The van der Waals surface area contributed by atoms with Crippen LogP contribution in [0.4, 0.5) is 0 Å². The SMILES string of the molecule is Cl.[2H]C([2H])([2H])NCCON=c1c2ccccc2ccc2ccccc12. The van der Waals surface area contributed by atoms with Gasteiger partial charge in [-0.25, -0.2) is 0 Å². The molecule has 0 radical (unpaired) electrons. The van der Waals surface area contributed by atoms with E-state index in [9.17, 15) is 0 Å². The van der Waals surface area contributed by atoms with E-state index in [1.165, 1.54) is 0 Å². The summed E-state index contributed by atoms with van der Waals surface area (Å²) in [4.78, 5) is 5.39. The summed E-state index contributed by atoms with van der Waals surface area (Å²) in [7, 11) is 0. The van der Waals surface area contributed by atoms with Gasteiger partial charge in [0.15, 0.2) is 0 Å². The molecule has 4 heteroatoms. The molecular weight excluding hydrogens is 296 g/mol. The van der Waals surface area contributed by atoms with Gasteiger partial charge in [-0.2, -0.15) is 0 Å². The lowest BCUT2D eigenvalue weighted by Crippen LogP contribution is -2.14. The summed E-state index contributed by atoms with van der Waals surface area (Å²) in [5.41, 5.74) is 0.